The van der Waals surface area contributed by atoms with Crippen LogP contribution in [-0.2, 0) is 24.4 Å². The Hall–Kier alpha value is 0.190. The van der Waals surface area contributed by atoms with Crippen molar-refractivity contribution in [2.24, 2.45) is 11.8 Å². The van der Waals surface area contributed by atoms with Crippen LogP contribution in [-0.4, -0.2) is 41.6 Å². The molecule has 0 heterocycles. The quantitative estimate of drug-likeness (QED) is 0.191. The molecule has 1 aromatic rings. The van der Waals surface area contributed by atoms with Gasteiger partial charge in [-0.2, -0.15) is 0 Å². The van der Waals surface area contributed by atoms with Crippen LogP contribution in [0.15, 0.2) is 12.1 Å². The summed E-state index contributed by atoms with van der Waals surface area (Å²) in [4.78, 5) is 25.2. The van der Waals surface area contributed by atoms with Gasteiger partial charge in [-0.05, 0) is 124 Å². The number of carbonyl (C=O) groups excluding carboxylic acids is 2. The normalized spacial score (nSPS) is 32.5. The number of hydrogen-bond acceptors (Lipinski definition) is 7. The summed E-state index contributed by atoms with van der Waals surface area (Å²) in [5.74, 6) is -1.92. The minimum atomic E-state index is -5.45. The van der Waals surface area contributed by atoms with Gasteiger partial charge in [0.25, 0.3) is 5.50 Å². The second-order valence-electron chi connectivity index (χ2n) is 8.70. The third-order valence-corrected chi connectivity index (χ3v) is 10.6. The van der Waals surface area contributed by atoms with Gasteiger partial charge < -0.3 is 14.0 Å². The van der Waals surface area contributed by atoms with Crippen LogP contribution in [0, 0.1) is 22.5 Å². The van der Waals surface area contributed by atoms with Crippen molar-refractivity contribution in [1.29, 1.82) is 0 Å². The fraction of sp³-hybridized carbons (Fsp3) is 0.579. The van der Waals surface area contributed by atoms with E-state index in [1.54, 1.807) is 6.07 Å². The molecule has 12 heteroatoms. The predicted octanol–water partition coefficient (Wildman–Crippen LogP) is 4.13. The van der Waals surface area contributed by atoms with Crippen LogP contribution in [0.5, 0.6) is 0 Å². The second-order valence-corrected chi connectivity index (χ2v) is 13.6. The maximum absolute atomic E-state index is 13.8. The van der Waals surface area contributed by atoms with Crippen molar-refractivity contribution < 1.29 is 36.4 Å². The number of esters is 2. The first-order chi connectivity index (χ1) is 14.3. The lowest BCUT2D eigenvalue weighted by Crippen LogP contribution is -2.62. The van der Waals surface area contributed by atoms with Crippen LogP contribution < -0.4 is 0 Å². The van der Waals surface area contributed by atoms with E-state index in [2.05, 4.69) is 67.8 Å². The van der Waals surface area contributed by atoms with Crippen molar-refractivity contribution in [3.05, 3.63) is 28.4 Å². The summed E-state index contributed by atoms with van der Waals surface area (Å²) in [7, 11) is -5.45. The molecular formula is C19H17FI3O7S-. The Morgan fingerprint density at radius 1 is 1.06 bits per heavy atom. The van der Waals surface area contributed by atoms with E-state index in [4.69, 9.17) is 9.47 Å². The number of hydrogen-bond donors (Lipinski definition) is 0. The number of benzene rings is 1. The lowest BCUT2D eigenvalue weighted by Gasteiger charge is -2.60. The van der Waals surface area contributed by atoms with Crippen molar-refractivity contribution in [1.82, 2.24) is 0 Å². The van der Waals surface area contributed by atoms with Gasteiger partial charge in [0.05, 0.1) is 5.56 Å². The Labute approximate surface area is 219 Å². The number of rotatable bonds is 5. The lowest BCUT2D eigenvalue weighted by atomic mass is 9.52. The first-order valence-corrected chi connectivity index (χ1v) is 14.2. The van der Waals surface area contributed by atoms with Crippen LogP contribution in [0.2, 0.25) is 0 Å². The molecule has 0 radical (unpaired) electrons. The highest BCUT2D eigenvalue weighted by Gasteiger charge is 2.62. The van der Waals surface area contributed by atoms with Gasteiger partial charge in [0.1, 0.15) is 21.3 Å². The molecule has 0 amide bonds. The van der Waals surface area contributed by atoms with Crippen LogP contribution >= 0.6 is 67.8 Å². The van der Waals surface area contributed by atoms with Gasteiger partial charge in [-0.15, -0.1) is 0 Å². The average Bonchev–Trinajstić information content (AvgIpc) is 2.61. The number of halogens is 4. The van der Waals surface area contributed by atoms with Gasteiger partial charge in [0.2, 0.25) is 0 Å². The highest BCUT2D eigenvalue weighted by molar-refractivity contribution is 14.1. The van der Waals surface area contributed by atoms with Crippen molar-refractivity contribution in [2.75, 3.05) is 0 Å². The first-order valence-electron chi connectivity index (χ1n) is 9.51. The van der Waals surface area contributed by atoms with Crippen molar-refractivity contribution in [3.63, 3.8) is 0 Å². The fourth-order valence-electron chi connectivity index (χ4n) is 5.67. The highest BCUT2D eigenvalue weighted by Crippen LogP contribution is 2.60. The van der Waals surface area contributed by atoms with Crippen molar-refractivity contribution in [3.8, 4) is 0 Å². The van der Waals surface area contributed by atoms with Gasteiger partial charge in [-0.1, -0.05) is 0 Å². The van der Waals surface area contributed by atoms with Gasteiger partial charge in [0.15, 0.2) is 0 Å². The summed E-state index contributed by atoms with van der Waals surface area (Å²) >= 11 is 6.39. The molecule has 4 aliphatic rings. The molecule has 3 atom stereocenters. The van der Waals surface area contributed by atoms with E-state index >= 15 is 0 Å². The van der Waals surface area contributed by atoms with Crippen LogP contribution in [0.3, 0.4) is 0 Å². The molecule has 1 aromatic carbocycles. The first kappa shape index (κ1) is 24.3. The molecule has 3 unspecified atom stereocenters. The Kier molecular flexibility index (Phi) is 6.63. The summed E-state index contributed by atoms with van der Waals surface area (Å²) in [5.41, 5.74) is -4.78. The summed E-state index contributed by atoms with van der Waals surface area (Å²) in [6, 6.07) is 3.71. The second kappa shape index (κ2) is 8.45. The number of ether oxygens (including phenoxy) is 2. The maximum Gasteiger partial charge on any atom is 0.356 e. The van der Waals surface area contributed by atoms with E-state index in [0.717, 1.165) is 17.1 Å². The van der Waals surface area contributed by atoms with Crippen LogP contribution in [0.1, 0.15) is 48.9 Å². The topological polar surface area (TPSA) is 110 Å². The average molecular weight is 789 g/mol. The van der Waals surface area contributed by atoms with Gasteiger partial charge >= 0.3 is 11.9 Å². The number of carbonyl (C=O) groups is 2. The SMILES string of the molecule is O=C(OC12CC3CC(C1)CC(OC(=O)C(F)S(=O)(=O)[O-])(C3)C2)c1cc(I)cc(I)c1I. The van der Waals surface area contributed by atoms with Gasteiger partial charge in [-0.25, -0.2) is 22.4 Å². The molecule has 0 N–H and O–H groups in total. The lowest BCUT2D eigenvalue weighted by molar-refractivity contribution is -0.221. The standard InChI is InChI=1S/C19H18FI3O7S/c20-15(31(26,27)28)17(25)30-19-6-9-1-10(7-19)5-18(4-9,8-19)29-16(24)12-2-11(21)3-13(22)14(12)23/h2-3,9-10,15H,1,4-8H2,(H,26,27,28)/p-1. The highest BCUT2D eigenvalue weighted by atomic mass is 127. The smallest absolute Gasteiger partial charge is 0.356 e. The van der Waals surface area contributed by atoms with E-state index < -0.39 is 38.8 Å². The third-order valence-electron chi connectivity index (χ3n) is 6.23. The van der Waals surface area contributed by atoms with Crippen molar-refractivity contribution in [2.45, 2.75) is 55.2 Å². The number of alkyl halides is 1. The van der Waals surface area contributed by atoms with Gasteiger partial charge in [0, 0.05) is 17.1 Å². The monoisotopic (exact) mass is 789 g/mol. The molecule has 31 heavy (non-hydrogen) atoms. The summed E-state index contributed by atoms with van der Waals surface area (Å²) in [6.07, 6.45) is 3.18. The molecule has 4 fully saturated rings. The van der Waals surface area contributed by atoms with E-state index in [0.29, 0.717) is 31.2 Å². The Balaban J connectivity index is 1.59. The zero-order valence-electron chi connectivity index (χ0n) is 15.9. The molecular weight excluding hydrogens is 772 g/mol. The molecule has 0 saturated heterocycles. The van der Waals surface area contributed by atoms with E-state index in [9.17, 15) is 27.0 Å². The van der Waals surface area contributed by atoms with Gasteiger partial charge in [-0.3, -0.25) is 0 Å². The zero-order chi connectivity index (χ0) is 22.8. The minimum absolute atomic E-state index is 0.110. The summed E-state index contributed by atoms with van der Waals surface area (Å²) in [5, 5.41) is 0. The Morgan fingerprint density at radius 2 is 1.61 bits per heavy atom. The molecule has 4 bridgehead atoms. The van der Waals surface area contributed by atoms with E-state index in [1.807, 2.05) is 6.07 Å². The molecule has 0 aromatic heterocycles. The molecule has 4 aliphatic carbocycles. The zero-order valence-corrected chi connectivity index (χ0v) is 23.2. The summed E-state index contributed by atoms with van der Waals surface area (Å²) in [6.45, 7) is 0. The van der Waals surface area contributed by atoms with E-state index in [-0.39, 0.29) is 18.3 Å². The Bertz CT molecular complexity index is 1050. The minimum Gasteiger partial charge on any atom is -0.745 e. The molecule has 0 spiro atoms. The molecule has 7 nitrogen and oxygen atoms in total. The largest absolute Gasteiger partial charge is 0.745 e. The third kappa shape index (κ3) is 4.87. The fourth-order valence-corrected chi connectivity index (χ4v) is 8.33. The van der Waals surface area contributed by atoms with Crippen LogP contribution in [0.4, 0.5) is 4.39 Å². The molecule has 0 aliphatic heterocycles. The maximum atomic E-state index is 13.8. The predicted molar refractivity (Wildman–Crippen MR) is 131 cm³/mol. The Morgan fingerprint density at radius 3 is 2.16 bits per heavy atom. The van der Waals surface area contributed by atoms with Crippen molar-refractivity contribution >= 4 is 89.8 Å². The van der Waals surface area contributed by atoms with Crippen LogP contribution in [0.25, 0.3) is 0 Å². The molecule has 5 rings (SSSR count). The summed E-state index contributed by atoms with van der Waals surface area (Å²) < 4.78 is 60.5. The molecule has 170 valence electrons. The molecule has 4 saturated carbocycles. The van der Waals surface area contributed by atoms with E-state index in [1.165, 1.54) is 0 Å².